The van der Waals surface area contributed by atoms with Gasteiger partial charge in [-0.05, 0) is 45.4 Å². The molecule has 128 valence electrons. The number of hydrogen-bond donors (Lipinski definition) is 0. The van der Waals surface area contributed by atoms with Crippen LogP contribution in [0.1, 0.15) is 37.7 Å². The molecule has 0 aliphatic carbocycles. The molecule has 2 aromatic heterocycles. The molecule has 3 heterocycles. The van der Waals surface area contributed by atoms with Crippen LogP contribution in [0.15, 0.2) is 18.3 Å². The molecule has 0 aromatic carbocycles. The summed E-state index contributed by atoms with van der Waals surface area (Å²) < 4.78 is 7.34. The number of pyridine rings is 1. The molecule has 2 aromatic rings. The molecule has 0 bridgehead atoms. The summed E-state index contributed by atoms with van der Waals surface area (Å²) in [7, 11) is 1.93. The zero-order chi connectivity index (χ0) is 17.5. The Hall–Kier alpha value is -2.37. The number of carbonyl (C=O) groups is 1. The van der Waals surface area contributed by atoms with Crippen molar-refractivity contribution >= 4 is 6.09 Å². The molecule has 0 saturated carbocycles. The summed E-state index contributed by atoms with van der Waals surface area (Å²) in [5, 5.41) is 4.39. The van der Waals surface area contributed by atoms with E-state index >= 15 is 0 Å². The normalized spacial score (nSPS) is 14.5. The molecular weight excluding hydrogens is 304 g/mol. The number of aryl methyl sites for hydroxylation is 2. The monoisotopic (exact) mass is 328 g/mol. The smallest absolute Gasteiger partial charge is 0.410 e. The maximum Gasteiger partial charge on any atom is 0.410 e. The van der Waals surface area contributed by atoms with Crippen LogP contribution in [0.3, 0.4) is 0 Å². The maximum atomic E-state index is 12.3. The van der Waals surface area contributed by atoms with Gasteiger partial charge in [0, 0.05) is 37.5 Å². The summed E-state index contributed by atoms with van der Waals surface area (Å²) in [6.45, 7) is 8.79. The first-order chi connectivity index (χ1) is 11.2. The van der Waals surface area contributed by atoms with Crippen LogP contribution in [0.2, 0.25) is 0 Å². The van der Waals surface area contributed by atoms with E-state index in [-0.39, 0.29) is 6.09 Å². The highest BCUT2D eigenvalue weighted by Crippen LogP contribution is 2.25. The van der Waals surface area contributed by atoms with Crippen LogP contribution in [0.5, 0.6) is 0 Å². The third-order valence-electron chi connectivity index (χ3n) is 3.99. The molecule has 0 saturated heterocycles. The Morgan fingerprint density at radius 2 is 2.04 bits per heavy atom. The van der Waals surface area contributed by atoms with E-state index in [1.807, 2.05) is 51.7 Å². The number of ether oxygens (including phenoxy) is 1. The molecule has 1 amide bonds. The number of rotatable bonds is 1. The van der Waals surface area contributed by atoms with E-state index in [4.69, 9.17) is 4.74 Å². The minimum atomic E-state index is -0.482. The van der Waals surface area contributed by atoms with Crippen LogP contribution in [0.4, 0.5) is 4.79 Å². The van der Waals surface area contributed by atoms with E-state index < -0.39 is 5.60 Å². The van der Waals surface area contributed by atoms with Crippen molar-refractivity contribution in [1.82, 2.24) is 19.7 Å². The van der Waals surface area contributed by atoms with Crippen molar-refractivity contribution in [3.8, 4) is 11.3 Å². The van der Waals surface area contributed by atoms with Gasteiger partial charge in [-0.15, -0.1) is 0 Å². The Morgan fingerprint density at radius 3 is 2.67 bits per heavy atom. The SMILES string of the molecule is Cc1cc(-c2cnc3c(c2)CN(C(=O)OC(C)(C)C)CC3)n(C)n1. The van der Waals surface area contributed by atoms with Crippen molar-refractivity contribution in [3.63, 3.8) is 0 Å². The zero-order valence-electron chi connectivity index (χ0n) is 15.0. The molecule has 0 unspecified atom stereocenters. The molecule has 6 nitrogen and oxygen atoms in total. The van der Waals surface area contributed by atoms with Crippen molar-refractivity contribution in [2.75, 3.05) is 6.54 Å². The summed E-state index contributed by atoms with van der Waals surface area (Å²) in [4.78, 5) is 18.6. The minimum absolute atomic E-state index is 0.269. The van der Waals surface area contributed by atoms with Crippen molar-refractivity contribution in [1.29, 1.82) is 0 Å². The first-order valence-corrected chi connectivity index (χ1v) is 8.20. The molecule has 1 aliphatic rings. The highest BCUT2D eigenvalue weighted by Gasteiger charge is 2.26. The number of amides is 1. The van der Waals surface area contributed by atoms with E-state index in [2.05, 4.69) is 16.1 Å². The first-order valence-electron chi connectivity index (χ1n) is 8.20. The lowest BCUT2D eigenvalue weighted by molar-refractivity contribution is 0.0223. The van der Waals surface area contributed by atoms with Gasteiger partial charge in [-0.2, -0.15) is 5.10 Å². The van der Waals surface area contributed by atoms with Gasteiger partial charge in [-0.3, -0.25) is 9.67 Å². The van der Waals surface area contributed by atoms with Crippen LogP contribution in [-0.2, 0) is 24.8 Å². The Balaban J connectivity index is 1.84. The van der Waals surface area contributed by atoms with Crippen molar-refractivity contribution in [2.24, 2.45) is 7.05 Å². The molecule has 24 heavy (non-hydrogen) atoms. The summed E-state index contributed by atoms with van der Waals surface area (Å²) in [6, 6.07) is 4.15. The van der Waals surface area contributed by atoms with Gasteiger partial charge in [-0.25, -0.2) is 4.79 Å². The Morgan fingerprint density at radius 1 is 1.29 bits per heavy atom. The molecule has 1 aliphatic heterocycles. The predicted molar refractivity (Wildman–Crippen MR) is 91.5 cm³/mol. The van der Waals surface area contributed by atoms with Crippen LogP contribution < -0.4 is 0 Å². The highest BCUT2D eigenvalue weighted by molar-refractivity contribution is 5.69. The fourth-order valence-electron chi connectivity index (χ4n) is 2.93. The standard InChI is InChI=1S/C18H24N4O2/c1-12-8-16(21(5)20-12)13-9-14-11-22(7-6-15(14)19-10-13)17(23)24-18(2,3)4/h8-10H,6-7,11H2,1-5H3. The van der Waals surface area contributed by atoms with Gasteiger partial charge in [0.25, 0.3) is 0 Å². The maximum absolute atomic E-state index is 12.3. The summed E-state index contributed by atoms with van der Waals surface area (Å²) in [5.74, 6) is 0. The Bertz CT molecular complexity index is 774. The molecule has 0 N–H and O–H groups in total. The number of nitrogens with zero attached hydrogens (tertiary/aromatic N) is 4. The van der Waals surface area contributed by atoms with Crippen molar-refractivity contribution < 1.29 is 9.53 Å². The number of carbonyl (C=O) groups excluding carboxylic acids is 1. The molecule has 6 heteroatoms. The summed E-state index contributed by atoms with van der Waals surface area (Å²) >= 11 is 0. The quantitative estimate of drug-likeness (QED) is 0.807. The second-order valence-corrected chi connectivity index (χ2v) is 7.28. The van der Waals surface area contributed by atoms with Crippen molar-refractivity contribution in [3.05, 3.63) is 35.3 Å². The third kappa shape index (κ3) is 3.42. The molecule has 0 radical (unpaired) electrons. The first kappa shape index (κ1) is 16.5. The average molecular weight is 328 g/mol. The fraction of sp³-hybridized carbons (Fsp3) is 0.500. The number of fused-ring (bicyclic) bond motifs is 1. The second-order valence-electron chi connectivity index (χ2n) is 7.28. The molecule has 0 atom stereocenters. The van der Waals surface area contributed by atoms with Gasteiger partial charge in [0.15, 0.2) is 0 Å². The number of aromatic nitrogens is 3. The van der Waals surface area contributed by atoms with Crippen molar-refractivity contribution in [2.45, 2.75) is 46.3 Å². The van der Waals surface area contributed by atoms with Gasteiger partial charge in [0.05, 0.1) is 17.9 Å². The van der Waals surface area contributed by atoms with Gasteiger partial charge in [0.2, 0.25) is 0 Å². The van der Waals surface area contributed by atoms with E-state index in [0.29, 0.717) is 13.1 Å². The minimum Gasteiger partial charge on any atom is -0.444 e. The lowest BCUT2D eigenvalue weighted by Crippen LogP contribution is -2.40. The van der Waals surface area contributed by atoms with E-state index in [9.17, 15) is 4.79 Å². The third-order valence-corrected chi connectivity index (χ3v) is 3.99. The predicted octanol–water partition coefficient (Wildman–Crippen LogP) is 3.08. The topological polar surface area (TPSA) is 60.3 Å². The van der Waals surface area contributed by atoms with Crippen LogP contribution >= 0.6 is 0 Å². The van der Waals surface area contributed by atoms with Gasteiger partial charge in [0.1, 0.15) is 5.60 Å². The summed E-state index contributed by atoms with van der Waals surface area (Å²) in [5.41, 5.74) is 4.66. The summed E-state index contributed by atoms with van der Waals surface area (Å²) in [6.07, 6.45) is 2.37. The van der Waals surface area contributed by atoms with Crippen LogP contribution in [0.25, 0.3) is 11.3 Å². The van der Waals surface area contributed by atoms with E-state index in [1.54, 1.807) is 4.90 Å². The highest BCUT2D eigenvalue weighted by atomic mass is 16.6. The Kier molecular flexibility index (Phi) is 4.07. The zero-order valence-corrected chi connectivity index (χ0v) is 15.0. The number of hydrogen-bond acceptors (Lipinski definition) is 4. The lowest BCUT2D eigenvalue weighted by atomic mass is 10.0. The van der Waals surface area contributed by atoms with E-state index in [1.165, 1.54) is 0 Å². The molecule has 0 fully saturated rings. The fourth-order valence-corrected chi connectivity index (χ4v) is 2.93. The van der Waals surface area contributed by atoms with E-state index in [0.717, 1.165) is 34.6 Å². The molecule has 0 spiro atoms. The van der Waals surface area contributed by atoms with Gasteiger partial charge >= 0.3 is 6.09 Å². The van der Waals surface area contributed by atoms with Gasteiger partial charge in [-0.1, -0.05) is 0 Å². The average Bonchev–Trinajstić information content (AvgIpc) is 2.83. The van der Waals surface area contributed by atoms with Gasteiger partial charge < -0.3 is 9.64 Å². The second kappa shape index (κ2) is 5.92. The van der Waals surface area contributed by atoms with Crippen LogP contribution in [-0.4, -0.2) is 37.9 Å². The van der Waals surface area contributed by atoms with Crippen LogP contribution in [0, 0.1) is 6.92 Å². The largest absolute Gasteiger partial charge is 0.444 e. The molecular formula is C18H24N4O2. The Labute approximate surface area is 142 Å². The lowest BCUT2D eigenvalue weighted by Gasteiger charge is -2.31. The molecule has 3 rings (SSSR count).